The summed E-state index contributed by atoms with van der Waals surface area (Å²) in [6.07, 6.45) is 0.251. The van der Waals surface area contributed by atoms with Gasteiger partial charge in [0.25, 0.3) is 10.0 Å². The van der Waals surface area contributed by atoms with Gasteiger partial charge in [-0.05, 0) is 68.8 Å². The summed E-state index contributed by atoms with van der Waals surface area (Å²) < 4.78 is 42.2. The minimum Gasteiger partial charge on any atom is -0.355 e. The second-order valence-electron chi connectivity index (χ2n) is 8.84. The van der Waals surface area contributed by atoms with Crippen molar-refractivity contribution < 1.29 is 22.4 Å². The van der Waals surface area contributed by atoms with Gasteiger partial charge in [0, 0.05) is 28.7 Å². The average molecular weight is 595 g/mol. The number of carbonyl (C=O) groups excluding carboxylic acids is 2. The maximum Gasteiger partial charge on any atom is 0.264 e. The maximum absolute atomic E-state index is 13.9. The molecule has 0 bridgehead atoms. The van der Waals surface area contributed by atoms with E-state index in [1.165, 1.54) is 29.2 Å². The normalized spacial score (nSPS) is 12.1. The summed E-state index contributed by atoms with van der Waals surface area (Å²) >= 11 is 12.8. The molecule has 7 nitrogen and oxygen atoms in total. The van der Waals surface area contributed by atoms with Crippen LogP contribution in [0.2, 0.25) is 10.0 Å². The Kier molecular flexibility index (Phi) is 10.4. The number of nitrogens with zero attached hydrogens (tertiary/aromatic N) is 2. The van der Waals surface area contributed by atoms with Crippen molar-refractivity contribution in [3.63, 3.8) is 0 Å². The van der Waals surface area contributed by atoms with Crippen molar-refractivity contribution in [1.29, 1.82) is 0 Å². The van der Waals surface area contributed by atoms with Gasteiger partial charge in [0.05, 0.1) is 10.6 Å². The summed E-state index contributed by atoms with van der Waals surface area (Å²) in [5.41, 5.74) is 1.37. The Bertz CT molecular complexity index is 1400. The second kappa shape index (κ2) is 13.3. The summed E-state index contributed by atoms with van der Waals surface area (Å²) in [4.78, 5) is 28.2. The number of nitrogens with one attached hydrogen (secondary N) is 1. The van der Waals surface area contributed by atoms with Gasteiger partial charge in [-0.2, -0.15) is 0 Å². The first-order valence-electron chi connectivity index (χ1n) is 12.3. The predicted molar refractivity (Wildman–Crippen MR) is 152 cm³/mol. The fourth-order valence-electron chi connectivity index (χ4n) is 4.04. The molecule has 0 spiro atoms. The Morgan fingerprint density at radius 3 is 2.08 bits per heavy atom. The minimum atomic E-state index is -4.25. The molecule has 0 heterocycles. The van der Waals surface area contributed by atoms with Crippen LogP contribution in [-0.4, -0.2) is 44.3 Å². The zero-order chi connectivity index (χ0) is 28.7. The molecule has 3 aromatic rings. The fourth-order valence-corrected chi connectivity index (χ4v) is 5.97. The molecule has 0 fully saturated rings. The van der Waals surface area contributed by atoms with E-state index in [4.69, 9.17) is 23.2 Å². The van der Waals surface area contributed by atoms with Crippen molar-refractivity contribution in [3.8, 4) is 0 Å². The highest BCUT2D eigenvalue weighted by Crippen LogP contribution is 2.29. The molecule has 0 radical (unpaired) electrons. The molecule has 208 valence electrons. The second-order valence-corrected chi connectivity index (χ2v) is 11.5. The van der Waals surface area contributed by atoms with E-state index in [1.54, 1.807) is 44.2 Å². The number of carbonyl (C=O) groups is 2. The number of sulfonamides is 1. The molecular weight excluding hydrogens is 564 g/mol. The number of halogens is 3. The van der Waals surface area contributed by atoms with Gasteiger partial charge in [-0.1, -0.05) is 53.9 Å². The Morgan fingerprint density at radius 2 is 1.54 bits per heavy atom. The molecule has 0 aliphatic rings. The monoisotopic (exact) mass is 593 g/mol. The SMILES string of the molecule is CCNC(=O)[C@H](CC)N(Cc1c(Cl)cccc1Cl)C(=O)CN(c1ccc(F)cc1)S(=O)(=O)c1ccc(C)cc1. The Balaban J connectivity index is 2.09. The van der Waals surface area contributed by atoms with Gasteiger partial charge in [-0.15, -0.1) is 0 Å². The van der Waals surface area contributed by atoms with E-state index in [9.17, 15) is 22.4 Å². The summed E-state index contributed by atoms with van der Waals surface area (Å²) in [5.74, 6) is -1.62. The lowest BCUT2D eigenvalue weighted by molar-refractivity contribution is -0.140. The molecule has 0 aromatic heterocycles. The number of likely N-dealkylation sites (N-methyl/N-ethyl adjacent to an activating group) is 1. The Hall–Kier alpha value is -3.14. The zero-order valence-corrected chi connectivity index (χ0v) is 24.2. The van der Waals surface area contributed by atoms with Crippen molar-refractivity contribution in [3.05, 3.63) is 93.7 Å². The first-order chi connectivity index (χ1) is 18.5. The van der Waals surface area contributed by atoms with E-state index in [1.807, 2.05) is 6.92 Å². The number of hydrogen-bond donors (Lipinski definition) is 1. The number of aryl methyl sites for hydroxylation is 1. The van der Waals surface area contributed by atoms with Gasteiger partial charge in [-0.3, -0.25) is 13.9 Å². The molecule has 0 aliphatic carbocycles. The lowest BCUT2D eigenvalue weighted by Crippen LogP contribution is -2.52. The smallest absolute Gasteiger partial charge is 0.264 e. The molecule has 0 aliphatic heterocycles. The molecule has 0 unspecified atom stereocenters. The van der Waals surface area contributed by atoms with E-state index in [-0.39, 0.29) is 23.5 Å². The number of benzene rings is 3. The summed E-state index contributed by atoms with van der Waals surface area (Å²) in [6.45, 7) is 4.88. The largest absolute Gasteiger partial charge is 0.355 e. The maximum atomic E-state index is 13.9. The highest BCUT2D eigenvalue weighted by molar-refractivity contribution is 7.92. The van der Waals surface area contributed by atoms with Crippen LogP contribution in [0.15, 0.2) is 71.6 Å². The average Bonchev–Trinajstić information content (AvgIpc) is 2.89. The van der Waals surface area contributed by atoms with Crippen LogP contribution in [0.25, 0.3) is 0 Å². The molecule has 3 rings (SSSR count). The van der Waals surface area contributed by atoms with Crippen LogP contribution in [-0.2, 0) is 26.2 Å². The molecule has 1 N–H and O–H groups in total. The number of anilines is 1. The van der Waals surface area contributed by atoms with Gasteiger partial charge in [0.15, 0.2) is 0 Å². The molecule has 1 atom stereocenters. The molecule has 11 heteroatoms. The molecule has 0 saturated heterocycles. The van der Waals surface area contributed by atoms with Gasteiger partial charge >= 0.3 is 0 Å². The Labute approximate surface area is 238 Å². The van der Waals surface area contributed by atoms with Crippen molar-refractivity contribution in [2.45, 2.75) is 44.7 Å². The fraction of sp³-hybridized carbons (Fsp3) is 0.286. The lowest BCUT2D eigenvalue weighted by Gasteiger charge is -2.33. The van der Waals surface area contributed by atoms with E-state index < -0.39 is 40.2 Å². The van der Waals surface area contributed by atoms with Crippen LogP contribution in [0.4, 0.5) is 10.1 Å². The van der Waals surface area contributed by atoms with Crippen LogP contribution in [0.1, 0.15) is 31.4 Å². The highest BCUT2D eigenvalue weighted by Gasteiger charge is 2.34. The minimum absolute atomic E-state index is 0.0401. The Morgan fingerprint density at radius 1 is 0.949 bits per heavy atom. The van der Waals surface area contributed by atoms with Crippen molar-refractivity contribution in [2.24, 2.45) is 0 Å². The number of rotatable bonds is 11. The van der Waals surface area contributed by atoms with Gasteiger partial charge in [0.2, 0.25) is 11.8 Å². The van der Waals surface area contributed by atoms with Crippen LogP contribution in [0.5, 0.6) is 0 Å². The first kappa shape index (κ1) is 30.4. The van der Waals surface area contributed by atoms with Crippen LogP contribution in [0, 0.1) is 12.7 Å². The highest BCUT2D eigenvalue weighted by atomic mass is 35.5. The van der Waals surface area contributed by atoms with Crippen LogP contribution >= 0.6 is 23.2 Å². The van der Waals surface area contributed by atoms with E-state index in [0.29, 0.717) is 22.2 Å². The van der Waals surface area contributed by atoms with E-state index >= 15 is 0 Å². The number of amides is 2. The zero-order valence-electron chi connectivity index (χ0n) is 21.8. The third-order valence-electron chi connectivity index (χ3n) is 6.13. The molecule has 2 amide bonds. The molecule has 0 saturated carbocycles. The first-order valence-corrected chi connectivity index (χ1v) is 14.5. The van der Waals surface area contributed by atoms with Gasteiger partial charge < -0.3 is 10.2 Å². The lowest BCUT2D eigenvalue weighted by atomic mass is 10.1. The van der Waals surface area contributed by atoms with Crippen LogP contribution in [0.3, 0.4) is 0 Å². The van der Waals surface area contributed by atoms with E-state index in [0.717, 1.165) is 22.0 Å². The summed E-state index contributed by atoms with van der Waals surface area (Å²) in [5, 5.41) is 3.33. The molecular formula is C28H30Cl2FN3O4S. The topological polar surface area (TPSA) is 86.8 Å². The standard InChI is InChI=1S/C28H30Cl2FN3O4S/c1-4-26(28(36)32-5-2)33(17-23-24(29)7-6-8-25(23)30)27(35)18-34(21-13-11-20(31)12-14-21)39(37,38)22-15-9-19(3)10-16-22/h6-16,26H,4-5,17-18H2,1-3H3,(H,32,36)/t26-/m0/s1. The van der Waals surface area contributed by atoms with Crippen molar-refractivity contribution >= 4 is 50.7 Å². The summed E-state index contributed by atoms with van der Waals surface area (Å²) in [7, 11) is -4.25. The summed E-state index contributed by atoms with van der Waals surface area (Å²) in [6, 6.07) is 14.9. The van der Waals surface area contributed by atoms with E-state index in [2.05, 4.69) is 5.32 Å². The van der Waals surface area contributed by atoms with Crippen molar-refractivity contribution in [2.75, 3.05) is 17.4 Å². The quantitative estimate of drug-likeness (QED) is 0.314. The van der Waals surface area contributed by atoms with Gasteiger partial charge in [-0.25, -0.2) is 12.8 Å². The third kappa shape index (κ3) is 7.29. The van der Waals surface area contributed by atoms with Crippen LogP contribution < -0.4 is 9.62 Å². The van der Waals surface area contributed by atoms with Gasteiger partial charge in [0.1, 0.15) is 18.4 Å². The molecule has 39 heavy (non-hydrogen) atoms. The molecule has 3 aromatic carbocycles. The third-order valence-corrected chi connectivity index (χ3v) is 8.63. The number of hydrogen-bond acceptors (Lipinski definition) is 4. The predicted octanol–water partition coefficient (Wildman–Crippen LogP) is 5.58. The van der Waals surface area contributed by atoms with Crippen molar-refractivity contribution in [1.82, 2.24) is 10.2 Å².